The predicted molar refractivity (Wildman–Crippen MR) is 102 cm³/mol. The van der Waals surface area contributed by atoms with E-state index in [9.17, 15) is 9.90 Å². The highest BCUT2D eigenvalue weighted by Gasteiger charge is 2.12. The number of aliphatic hydroxyl groups is 1. The van der Waals surface area contributed by atoms with Crippen LogP contribution in [0.1, 0.15) is 24.8 Å². The summed E-state index contributed by atoms with van der Waals surface area (Å²) < 4.78 is 0. The third-order valence-electron chi connectivity index (χ3n) is 4.01. The molecule has 25 heavy (non-hydrogen) atoms. The second-order valence-electron chi connectivity index (χ2n) is 6.12. The van der Waals surface area contributed by atoms with Crippen LogP contribution in [0.3, 0.4) is 0 Å². The van der Waals surface area contributed by atoms with Crippen LogP contribution in [-0.2, 0) is 0 Å². The second kappa shape index (κ2) is 10.4. The first kappa shape index (κ1) is 18.8. The second-order valence-corrected chi connectivity index (χ2v) is 6.12. The number of urea groups is 1. The lowest BCUT2D eigenvalue weighted by Crippen LogP contribution is -2.42. The summed E-state index contributed by atoms with van der Waals surface area (Å²) in [5, 5.41) is 18.3. The summed E-state index contributed by atoms with van der Waals surface area (Å²) in [5.41, 5.74) is 2.15. The van der Waals surface area contributed by atoms with E-state index in [2.05, 4.69) is 16.0 Å². The third-order valence-corrected chi connectivity index (χ3v) is 4.01. The van der Waals surface area contributed by atoms with Gasteiger partial charge in [0.25, 0.3) is 0 Å². The van der Waals surface area contributed by atoms with E-state index in [1.54, 1.807) is 0 Å². The van der Waals surface area contributed by atoms with Crippen LogP contribution in [0.15, 0.2) is 60.7 Å². The largest absolute Gasteiger partial charge is 0.396 e. The van der Waals surface area contributed by atoms with Crippen molar-refractivity contribution in [1.29, 1.82) is 0 Å². The minimum atomic E-state index is -0.194. The van der Waals surface area contributed by atoms with E-state index in [0.717, 1.165) is 11.3 Å². The van der Waals surface area contributed by atoms with Gasteiger partial charge >= 0.3 is 6.03 Å². The van der Waals surface area contributed by atoms with Gasteiger partial charge in [-0.25, -0.2) is 4.79 Å². The van der Waals surface area contributed by atoms with Crippen molar-refractivity contribution in [3.05, 3.63) is 66.2 Å². The van der Waals surface area contributed by atoms with Crippen molar-refractivity contribution < 1.29 is 9.90 Å². The van der Waals surface area contributed by atoms with E-state index in [1.165, 1.54) is 0 Å². The highest BCUT2D eigenvalue weighted by atomic mass is 16.3. The highest BCUT2D eigenvalue weighted by molar-refractivity contribution is 5.74. The molecule has 2 rings (SSSR count). The van der Waals surface area contributed by atoms with Gasteiger partial charge in [0.1, 0.15) is 0 Å². The van der Waals surface area contributed by atoms with E-state index in [-0.39, 0.29) is 24.6 Å². The predicted octanol–water partition coefficient (Wildman–Crippen LogP) is 2.95. The molecule has 2 aromatic rings. The van der Waals surface area contributed by atoms with E-state index in [4.69, 9.17) is 0 Å². The molecular weight excluding hydrogens is 314 g/mol. The Hall–Kier alpha value is -2.53. The number of aliphatic hydroxyl groups excluding tert-OH is 1. The Morgan fingerprint density at radius 2 is 1.56 bits per heavy atom. The maximum absolute atomic E-state index is 12.0. The summed E-state index contributed by atoms with van der Waals surface area (Å²) >= 11 is 0. The zero-order valence-electron chi connectivity index (χ0n) is 14.6. The molecule has 0 aliphatic heterocycles. The minimum absolute atomic E-state index is 0.0981. The molecule has 0 saturated carbocycles. The van der Waals surface area contributed by atoms with Crippen LogP contribution in [0, 0.1) is 0 Å². The fourth-order valence-corrected chi connectivity index (χ4v) is 2.66. The van der Waals surface area contributed by atoms with Gasteiger partial charge in [-0.05, 0) is 31.0 Å². The van der Waals surface area contributed by atoms with Crippen LogP contribution in [-0.4, -0.2) is 36.9 Å². The molecule has 2 amide bonds. The molecule has 0 heterocycles. The summed E-state index contributed by atoms with van der Waals surface area (Å²) in [6.07, 6.45) is 0.621. The van der Waals surface area contributed by atoms with Gasteiger partial charge in [-0.2, -0.15) is 0 Å². The quantitative estimate of drug-likeness (QED) is 0.567. The van der Waals surface area contributed by atoms with Gasteiger partial charge in [0.15, 0.2) is 0 Å². The molecule has 134 valence electrons. The average Bonchev–Trinajstić information content (AvgIpc) is 2.65. The van der Waals surface area contributed by atoms with Gasteiger partial charge in [-0.1, -0.05) is 48.5 Å². The summed E-state index contributed by atoms with van der Waals surface area (Å²) in [5.74, 6) is 0.108. The molecule has 4 N–H and O–H groups in total. The molecular formula is C20H27N3O2. The minimum Gasteiger partial charge on any atom is -0.396 e. The van der Waals surface area contributed by atoms with E-state index < -0.39 is 0 Å². The Morgan fingerprint density at radius 1 is 0.960 bits per heavy atom. The zero-order valence-corrected chi connectivity index (χ0v) is 14.6. The smallest absolute Gasteiger partial charge is 0.314 e. The van der Waals surface area contributed by atoms with Crippen molar-refractivity contribution in [2.24, 2.45) is 0 Å². The lowest BCUT2D eigenvalue weighted by Gasteiger charge is -2.19. The van der Waals surface area contributed by atoms with Crippen LogP contribution in [0.4, 0.5) is 10.5 Å². The zero-order chi connectivity index (χ0) is 17.9. The monoisotopic (exact) mass is 341 g/mol. The Bertz CT molecular complexity index is 619. The number of para-hydroxylation sites is 1. The van der Waals surface area contributed by atoms with Gasteiger partial charge < -0.3 is 21.1 Å². The molecule has 0 bridgehead atoms. The molecule has 2 aromatic carbocycles. The third kappa shape index (κ3) is 6.85. The maximum atomic E-state index is 12.0. The van der Waals surface area contributed by atoms with Crippen LogP contribution in [0.25, 0.3) is 0 Å². The number of nitrogens with one attached hydrogen (secondary N) is 3. The SMILES string of the molecule is CC(CNC(=O)NCC(CCO)c1ccccc1)Nc1ccccc1. The Morgan fingerprint density at radius 3 is 2.20 bits per heavy atom. The number of hydrogen-bond donors (Lipinski definition) is 4. The Balaban J connectivity index is 1.73. The van der Waals surface area contributed by atoms with Crippen molar-refractivity contribution in [1.82, 2.24) is 10.6 Å². The van der Waals surface area contributed by atoms with Gasteiger partial charge in [-0.3, -0.25) is 0 Å². The van der Waals surface area contributed by atoms with Crippen molar-refractivity contribution in [3.8, 4) is 0 Å². The van der Waals surface area contributed by atoms with Crippen molar-refractivity contribution in [2.45, 2.75) is 25.3 Å². The molecule has 5 heteroatoms. The first-order valence-electron chi connectivity index (χ1n) is 8.68. The number of carbonyl (C=O) groups is 1. The Labute approximate surface area is 149 Å². The number of carbonyl (C=O) groups excluding carboxylic acids is 1. The van der Waals surface area contributed by atoms with Crippen LogP contribution in [0.2, 0.25) is 0 Å². The Kier molecular flexibility index (Phi) is 7.79. The molecule has 0 fully saturated rings. The van der Waals surface area contributed by atoms with Gasteiger partial charge in [0, 0.05) is 37.3 Å². The number of amides is 2. The molecule has 0 aromatic heterocycles. The normalized spacial score (nSPS) is 12.9. The first-order chi connectivity index (χ1) is 12.2. The number of rotatable bonds is 9. The van der Waals surface area contributed by atoms with Crippen LogP contribution in [0.5, 0.6) is 0 Å². The van der Waals surface area contributed by atoms with Gasteiger partial charge in [0.05, 0.1) is 0 Å². The average molecular weight is 341 g/mol. The fraction of sp³-hybridized carbons (Fsp3) is 0.350. The summed E-state index contributed by atoms with van der Waals surface area (Å²) in [6.45, 7) is 3.14. The molecule has 0 saturated heterocycles. The summed E-state index contributed by atoms with van der Waals surface area (Å²) in [4.78, 5) is 12.0. The standard InChI is InChI=1S/C20H27N3O2/c1-16(23-19-10-6-3-7-11-19)14-21-20(25)22-15-18(12-13-24)17-8-4-2-5-9-17/h2-11,16,18,23-24H,12-15H2,1H3,(H2,21,22,25). The lowest BCUT2D eigenvalue weighted by molar-refractivity contribution is 0.237. The summed E-state index contributed by atoms with van der Waals surface area (Å²) in [7, 11) is 0. The molecule has 0 spiro atoms. The molecule has 2 unspecified atom stereocenters. The van der Waals surface area contributed by atoms with Gasteiger partial charge in [0.2, 0.25) is 0 Å². The van der Waals surface area contributed by atoms with Crippen LogP contribution < -0.4 is 16.0 Å². The van der Waals surface area contributed by atoms with E-state index >= 15 is 0 Å². The fourth-order valence-electron chi connectivity index (χ4n) is 2.66. The molecule has 5 nitrogen and oxygen atoms in total. The lowest BCUT2D eigenvalue weighted by atomic mass is 9.96. The number of hydrogen-bond acceptors (Lipinski definition) is 3. The molecule has 2 atom stereocenters. The molecule has 0 aliphatic rings. The van der Waals surface area contributed by atoms with Crippen molar-refractivity contribution in [2.75, 3.05) is 25.0 Å². The number of benzene rings is 2. The molecule has 0 aliphatic carbocycles. The van der Waals surface area contributed by atoms with Crippen molar-refractivity contribution in [3.63, 3.8) is 0 Å². The van der Waals surface area contributed by atoms with Gasteiger partial charge in [-0.15, -0.1) is 0 Å². The van der Waals surface area contributed by atoms with Crippen molar-refractivity contribution >= 4 is 11.7 Å². The van der Waals surface area contributed by atoms with E-state index in [1.807, 2.05) is 67.6 Å². The van der Waals surface area contributed by atoms with Crippen LogP contribution >= 0.6 is 0 Å². The summed E-state index contributed by atoms with van der Waals surface area (Å²) in [6, 6.07) is 19.8. The van der Waals surface area contributed by atoms with E-state index in [0.29, 0.717) is 19.5 Å². The first-order valence-corrected chi connectivity index (χ1v) is 8.68. The maximum Gasteiger partial charge on any atom is 0.314 e. The topological polar surface area (TPSA) is 73.4 Å². The number of anilines is 1. The highest BCUT2D eigenvalue weighted by Crippen LogP contribution is 2.18. The molecule has 0 radical (unpaired) electrons.